The number of alkyl halides is 2. The Morgan fingerprint density at radius 3 is 2.80 bits per heavy atom. The van der Waals surface area contributed by atoms with E-state index in [-0.39, 0.29) is 64.7 Å². The van der Waals surface area contributed by atoms with Gasteiger partial charge >= 0.3 is 12.1 Å². The number of nitrogens with zero attached hydrogens (tertiary/aromatic N) is 5. The zero-order valence-corrected chi connectivity index (χ0v) is 27.8. The zero-order valence-electron chi connectivity index (χ0n) is 27.8. The van der Waals surface area contributed by atoms with Gasteiger partial charge in [0.2, 0.25) is 0 Å². The Labute approximate surface area is 290 Å². The number of aromatic nitrogens is 3. The number of rotatable bonds is 6. The highest BCUT2D eigenvalue weighted by Gasteiger charge is 2.77. The van der Waals surface area contributed by atoms with Crippen molar-refractivity contribution in [2.75, 3.05) is 44.8 Å². The molecular weight excluding hydrogens is 668 g/mol. The molecule has 2 saturated carbocycles. The second-order valence-corrected chi connectivity index (χ2v) is 14.4. The van der Waals surface area contributed by atoms with Crippen LogP contribution in [0, 0.1) is 29.4 Å². The lowest BCUT2D eigenvalue weighted by Crippen LogP contribution is -2.43. The second kappa shape index (κ2) is 11.4. The molecule has 14 heteroatoms. The zero-order chi connectivity index (χ0) is 35.3. The SMILES string of the molecule is C#Cc1c(F)ccc2cc(OC(=O)NC)cc(-c3ncc4c(N5CCCO[C@@H]6C[C@@H]65)nc(OC[C@@]56CCCN5C[C@@]5(CC5(F)F)C6)nc4c3F)c12. The number of amides is 1. The molecule has 1 N–H and O–H groups in total. The lowest BCUT2D eigenvalue weighted by molar-refractivity contribution is 0.0647. The lowest BCUT2D eigenvalue weighted by atomic mass is 9.89. The number of nitrogens with one attached hydrogen (secondary N) is 1. The quantitative estimate of drug-likeness (QED) is 0.197. The summed E-state index contributed by atoms with van der Waals surface area (Å²) in [7, 11) is 1.40. The van der Waals surface area contributed by atoms with Crippen molar-refractivity contribution >= 4 is 33.6 Å². The minimum Gasteiger partial charge on any atom is -0.461 e. The number of terminal acetylenes is 1. The standard InChI is InChI=1S/C37H34F4N6O4/c1-3-22-25(38)7-6-20-12-21(51-34(48)42-2)13-23(28(20)22)30-29(39)31-24(15-43-30)32(47-10-5-11-49-27-14-26(27)47)45-33(44-31)50-19-36-8-4-9-46(36)18-35(16-36)17-37(35,40)41/h1,6-7,12-13,15,26-27H,4-5,8-11,14,16-19H2,2H3,(H,42,48)/t26-,27+,35-,36-/m0/s1. The van der Waals surface area contributed by atoms with Crippen molar-refractivity contribution < 1.29 is 36.6 Å². The van der Waals surface area contributed by atoms with E-state index < -0.39 is 34.6 Å². The molecular formula is C37H34F4N6O4. The van der Waals surface area contributed by atoms with Crippen LogP contribution in [0.15, 0.2) is 30.5 Å². The van der Waals surface area contributed by atoms with Gasteiger partial charge in [0.15, 0.2) is 5.82 Å². The molecule has 2 aromatic heterocycles. The van der Waals surface area contributed by atoms with E-state index in [0.717, 1.165) is 19.3 Å². The third-order valence-corrected chi connectivity index (χ3v) is 11.3. The van der Waals surface area contributed by atoms with Crippen LogP contribution in [-0.4, -0.2) is 89.4 Å². The Morgan fingerprint density at radius 2 is 2.02 bits per heavy atom. The highest BCUT2D eigenvalue weighted by molar-refractivity contribution is 6.03. The number of carbonyl (C=O) groups is 1. The first-order valence-corrected chi connectivity index (χ1v) is 17.2. The highest BCUT2D eigenvalue weighted by atomic mass is 19.3. The fourth-order valence-electron chi connectivity index (χ4n) is 8.67. The van der Waals surface area contributed by atoms with E-state index in [1.807, 2.05) is 0 Å². The van der Waals surface area contributed by atoms with E-state index in [4.69, 9.17) is 25.6 Å². The predicted octanol–water partition coefficient (Wildman–Crippen LogP) is 5.83. The van der Waals surface area contributed by atoms with Crippen molar-refractivity contribution in [3.8, 4) is 35.4 Å². The van der Waals surface area contributed by atoms with Gasteiger partial charge in [-0.25, -0.2) is 22.4 Å². The van der Waals surface area contributed by atoms with Gasteiger partial charge in [-0.1, -0.05) is 12.0 Å². The molecule has 0 radical (unpaired) electrons. The molecule has 0 bridgehead atoms. The summed E-state index contributed by atoms with van der Waals surface area (Å²) >= 11 is 0. The van der Waals surface area contributed by atoms with E-state index in [0.29, 0.717) is 55.7 Å². The molecule has 51 heavy (non-hydrogen) atoms. The molecule has 5 aliphatic rings. The summed E-state index contributed by atoms with van der Waals surface area (Å²) in [4.78, 5) is 30.3. The van der Waals surface area contributed by atoms with Crippen molar-refractivity contribution in [1.29, 1.82) is 0 Å². The average Bonchev–Trinajstić information content (AvgIpc) is 3.90. The number of anilines is 1. The Hall–Kier alpha value is -4.74. The number of hydrogen-bond acceptors (Lipinski definition) is 9. The minimum atomic E-state index is -2.69. The summed E-state index contributed by atoms with van der Waals surface area (Å²) in [6, 6.07) is 5.48. The van der Waals surface area contributed by atoms with Gasteiger partial charge in [-0.05, 0) is 62.2 Å². The summed E-state index contributed by atoms with van der Waals surface area (Å²) in [5, 5.41) is 3.31. The molecule has 9 rings (SSSR count). The Morgan fingerprint density at radius 1 is 1.18 bits per heavy atom. The number of carbonyl (C=O) groups excluding carboxylic acids is 1. The fraction of sp³-hybridized carbons (Fsp3) is 0.459. The lowest BCUT2D eigenvalue weighted by Gasteiger charge is -2.31. The Balaban J connectivity index is 1.18. The Kier molecular flexibility index (Phi) is 7.18. The monoisotopic (exact) mass is 702 g/mol. The molecule has 2 aromatic carbocycles. The molecule has 0 unspecified atom stereocenters. The first-order chi connectivity index (χ1) is 24.5. The van der Waals surface area contributed by atoms with Gasteiger partial charge < -0.3 is 24.4 Å². The topological polar surface area (TPSA) is 102 Å². The van der Waals surface area contributed by atoms with Crippen LogP contribution in [0.2, 0.25) is 0 Å². The summed E-state index contributed by atoms with van der Waals surface area (Å²) in [6.45, 7) is 2.30. The summed E-state index contributed by atoms with van der Waals surface area (Å²) in [5.41, 5.74) is -1.93. The number of hydrogen-bond donors (Lipinski definition) is 1. The molecule has 3 aliphatic heterocycles. The summed E-state index contributed by atoms with van der Waals surface area (Å²) < 4.78 is 78.9. The summed E-state index contributed by atoms with van der Waals surface area (Å²) in [6.07, 6.45) is 9.75. The van der Waals surface area contributed by atoms with E-state index in [2.05, 4.69) is 31.0 Å². The van der Waals surface area contributed by atoms with Crippen LogP contribution in [0.5, 0.6) is 11.8 Å². The van der Waals surface area contributed by atoms with Gasteiger partial charge in [0, 0.05) is 50.3 Å². The molecule has 4 atom stereocenters. The van der Waals surface area contributed by atoms with E-state index in [9.17, 15) is 13.6 Å². The van der Waals surface area contributed by atoms with Gasteiger partial charge in [-0.15, -0.1) is 6.42 Å². The second-order valence-electron chi connectivity index (χ2n) is 14.4. The highest BCUT2D eigenvalue weighted by Crippen LogP contribution is 2.69. The van der Waals surface area contributed by atoms with Crippen molar-refractivity contribution in [3.63, 3.8) is 0 Å². The summed E-state index contributed by atoms with van der Waals surface area (Å²) in [5.74, 6) is -1.36. The fourth-order valence-corrected chi connectivity index (χ4v) is 8.67. The molecule has 5 heterocycles. The van der Waals surface area contributed by atoms with Crippen molar-refractivity contribution in [2.45, 2.75) is 62.1 Å². The van der Waals surface area contributed by atoms with Crippen LogP contribution in [0.3, 0.4) is 0 Å². The number of pyridine rings is 1. The van der Waals surface area contributed by atoms with Gasteiger partial charge in [0.25, 0.3) is 5.92 Å². The smallest absolute Gasteiger partial charge is 0.412 e. The average molecular weight is 703 g/mol. The maximum atomic E-state index is 17.1. The van der Waals surface area contributed by atoms with Gasteiger partial charge in [-0.2, -0.15) is 9.97 Å². The van der Waals surface area contributed by atoms with E-state index in [1.54, 1.807) is 0 Å². The van der Waals surface area contributed by atoms with E-state index in [1.165, 1.54) is 37.5 Å². The van der Waals surface area contributed by atoms with Crippen molar-refractivity contribution in [2.24, 2.45) is 5.41 Å². The minimum absolute atomic E-state index is 0.0197. The van der Waals surface area contributed by atoms with Crippen LogP contribution in [0.4, 0.5) is 28.2 Å². The maximum Gasteiger partial charge on any atom is 0.412 e. The largest absolute Gasteiger partial charge is 0.461 e. The van der Waals surface area contributed by atoms with Crippen LogP contribution < -0.4 is 19.7 Å². The number of fused-ring (bicyclic) bond motifs is 4. The Bertz CT molecular complexity index is 2180. The predicted molar refractivity (Wildman–Crippen MR) is 179 cm³/mol. The van der Waals surface area contributed by atoms with Crippen LogP contribution in [-0.2, 0) is 4.74 Å². The molecule has 5 fully saturated rings. The van der Waals surface area contributed by atoms with Crippen molar-refractivity contribution in [1.82, 2.24) is 25.2 Å². The molecule has 1 amide bonds. The van der Waals surface area contributed by atoms with Crippen LogP contribution >= 0.6 is 0 Å². The molecule has 1 spiro atoms. The van der Waals surface area contributed by atoms with Gasteiger partial charge in [-0.3, -0.25) is 9.88 Å². The first kappa shape index (κ1) is 32.2. The molecule has 264 valence electrons. The number of halogens is 4. The number of ether oxygens (including phenoxy) is 3. The number of benzene rings is 2. The molecule has 2 aliphatic carbocycles. The van der Waals surface area contributed by atoms with Gasteiger partial charge in [0.1, 0.15) is 35.2 Å². The van der Waals surface area contributed by atoms with Crippen molar-refractivity contribution in [3.05, 3.63) is 47.7 Å². The normalized spacial score (nSPS) is 27.6. The van der Waals surface area contributed by atoms with Crippen LogP contribution in [0.25, 0.3) is 32.9 Å². The van der Waals surface area contributed by atoms with E-state index >= 15 is 8.78 Å². The van der Waals surface area contributed by atoms with Gasteiger partial charge in [0.05, 0.1) is 34.0 Å². The van der Waals surface area contributed by atoms with Crippen LogP contribution in [0.1, 0.15) is 44.1 Å². The third-order valence-electron chi connectivity index (χ3n) is 11.3. The molecule has 3 saturated heterocycles. The molecule has 10 nitrogen and oxygen atoms in total. The first-order valence-electron chi connectivity index (χ1n) is 17.2. The maximum absolute atomic E-state index is 17.1. The third kappa shape index (κ3) is 5.07. The molecule has 4 aromatic rings.